The summed E-state index contributed by atoms with van der Waals surface area (Å²) in [6, 6.07) is 13.8. The van der Waals surface area contributed by atoms with Crippen LogP contribution in [0.1, 0.15) is 18.0 Å². The van der Waals surface area contributed by atoms with Gasteiger partial charge in [-0.25, -0.2) is 18.1 Å². The summed E-state index contributed by atoms with van der Waals surface area (Å²) in [4.78, 5) is 22.3. The predicted molar refractivity (Wildman–Crippen MR) is 113 cm³/mol. The number of halogens is 2. The number of nitrogens with zero attached hydrogens (tertiary/aromatic N) is 4. The number of pyridine rings is 1. The molecule has 10 heteroatoms. The van der Waals surface area contributed by atoms with Crippen LogP contribution >= 0.6 is 0 Å². The van der Waals surface area contributed by atoms with Crippen molar-refractivity contribution in [3.05, 3.63) is 78.0 Å². The average molecular weight is 436 g/mol. The Morgan fingerprint density at radius 1 is 1.16 bits per heavy atom. The summed E-state index contributed by atoms with van der Waals surface area (Å²) in [6.07, 6.45) is 2.14. The summed E-state index contributed by atoms with van der Waals surface area (Å²) >= 11 is 0. The summed E-state index contributed by atoms with van der Waals surface area (Å²) in [5.74, 6) is -1.73. The monoisotopic (exact) mass is 436 g/mol. The highest BCUT2D eigenvalue weighted by Gasteiger charge is 2.33. The van der Waals surface area contributed by atoms with Crippen LogP contribution in [0, 0.1) is 11.6 Å². The number of rotatable bonds is 3. The topological polar surface area (TPSA) is 97.8 Å². The normalized spacial score (nSPS) is 15.9. The van der Waals surface area contributed by atoms with Crippen molar-refractivity contribution in [2.75, 3.05) is 17.7 Å². The van der Waals surface area contributed by atoms with Crippen molar-refractivity contribution in [3.8, 4) is 11.1 Å². The molecule has 5 rings (SSSR count). The molecule has 0 saturated carbocycles. The zero-order valence-corrected chi connectivity index (χ0v) is 16.7. The van der Waals surface area contributed by atoms with E-state index in [0.717, 1.165) is 16.7 Å². The molecule has 0 bridgehead atoms. The van der Waals surface area contributed by atoms with Gasteiger partial charge in [0.1, 0.15) is 11.5 Å². The number of carbonyl (C=O) groups excluding carboxylic acids is 1. The van der Waals surface area contributed by atoms with Gasteiger partial charge in [-0.05, 0) is 35.4 Å². The van der Waals surface area contributed by atoms with Crippen LogP contribution in [0.5, 0.6) is 0 Å². The summed E-state index contributed by atoms with van der Waals surface area (Å²) in [5.41, 5.74) is 6.83. The van der Waals surface area contributed by atoms with E-state index in [-0.39, 0.29) is 17.6 Å². The summed E-state index contributed by atoms with van der Waals surface area (Å²) in [7, 11) is 0. The van der Waals surface area contributed by atoms with E-state index in [2.05, 4.69) is 15.4 Å². The molecule has 3 N–H and O–H groups in total. The highest BCUT2D eigenvalue weighted by Crippen LogP contribution is 2.33. The Labute approximate surface area is 181 Å². The number of fused-ring (bicyclic) bond motifs is 1. The van der Waals surface area contributed by atoms with Gasteiger partial charge in [-0.15, -0.1) is 5.10 Å². The van der Waals surface area contributed by atoms with E-state index in [0.29, 0.717) is 24.2 Å². The van der Waals surface area contributed by atoms with Gasteiger partial charge in [0, 0.05) is 18.2 Å². The zero-order chi connectivity index (χ0) is 22.2. The second-order valence-corrected chi connectivity index (χ2v) is 7.28. The molecule has 1 fully saturated rings. The predicted octanol–water partition coefficient (Wildman–Crippen LogP) is 4.17. The lowest BCUT2D eigenvalue weighted by molar-refractivity contribution is -0.0830. The van der Waals surface area contributed by atoms with E-state index in [1.54, 1.807) is 18.3 Å². The van der Waals surface area contributed by atoms with Crippen LogP contribution in [0.15, 0.2) is 60.8 Å². The summed E-state index contributed by atoms with van der Waals surface area (Å²) < 4.78 is 31.3. The Bertz CT molecular complexity index is 1310. The highest BCUT2D eigenvalue weighted by atomic mass is 19.1. The van der Waals surface area contributed by atoms with Crippen LogP contribution in [-0.2, 0) is 4.84 Å². The highest BCUT2D eigenvalue weighted by molar-refractivity contribution is 5.90. The van der Waals surface area contributed by atoms with E-state index in [9.17, 15) is 9.18 Å². The third-order valence-corrected chi connectivity index (χ3v) is 5.28. The second-order valence-electron chi connectivity index (χ2n) is 7.28. The number of anilines is 2. The van der Waals surface area contributed by atoms with Gasteiger partial charge in [-0.1, -0.05) is 30.3 Å². The maximum absolute atomic E-state index is 15.3. The minimum Gasteiger partial charge on any atom is -0.366 e. The molecular weight excluding hydrogens is 418 g/mol. The minimum atomic E-state index is -0.911. The first-order chi connectivity index (χ1) is 15.5. The second kappa shape index (κ2) is 7.89. The fraction of sp³-hybridized carbons (Fsp3) is 0.136. The first-order valence-electron chi connectivity index (χ1n) is 9.89. The molecule has 162 valence electrons. The van der Waals surface area contributed by atoms with Crippen molar-refractivity contribution < 1.29 is 18.4 Å². The number of nitrogen functional groups attached to an aromatic ring is 1. The molecule has 0 radical (unpaired) electrons. The van der Waals surface area contributed by atoms with Gasteiger partial charge in [-0.2, -0.15) is 10.0 Å². The Kier molecular flexibility index (Phi) is 4.91. The van der Waals surface area contributed by atoms with Gasteiger partial charge >= 0.3 is 6.03 Å². The maximum Gasteiger partial charge on any atom is 0.346 e. The molecule has 32 heavy (non-hydrogen) atoms. The average Bonchev–Trinajstić information content (AvgIpc) is 3.42. The molecule has 2 amide bonds. The molecule has 3 heterocycles. The molecule has 2 aromatic heterocycles. The van der Waals surface area contributed by atoms with Crippen LogP contribution in [0.3, 0.4) is 0 Å². The van der Waals surface area contributed by atoms with Crippen molar-refractivity contribution >= 4 is 23.3 Å². The molecule has 1 aliphatic rings. The summed E-state index contributed by atoms with van der Waals surface area (Å²) in [6.45, 7) is 0.319. The number of amides is 2. The molecular formula is C22H18F2N6O2. The first-order valence-corrected chi connectivity index (χ1v) is 9.89. The smallest absolute Gasteiger partial charge is 0.346 e. The van der Waals surface area contributed by atoms with Gasteiger partial charge in [0.05, 0.1) is 12.6 Å². The molecule has 8 nitrogen and oxygen atoms in total. The van der Waals surface area contributed by atoms with Crippen molar-refractivity contribution in [2.45, 2.75) is 12.5 Å². The number of hydroxylamine groups is 2. The quantitative estimate of drug-likeness (QED) is 0.502. The van der Waals surface area contributed by atoms with Gasteiger partial charge in [0.15, 0.2) is 11.5 Å². The number of carbonyl (C=O) groups is 1. The number of urea groups is 1. The Hall–Kier alpha value is -4.05. The third kappa shape index (κ3) is 3.50. The van der Waals surface area contributed by atoms with E-state index in [1.807, 2.05) is 30.3 Å². The number of hydrogen-bond donors (Lipinski definition) is 2. The van der Waals surface area contributed by atoms with Gasteiger partial charge in [-0.3, -0.25) is 4.84 Å². The zero-order valence-electron chi connectivity index (χ0n) is 16.7. The SMILES string of the molecule is Nc1nc2cc(-c3ccc(F)c(NC(=O)N4OCC[C@H]4c4ccccc4)c3F)ccn2n1. The minimum absolute atomic E-state index is 0.0771. The molecule has 0 unspecified atom stereocenters. The Balaban J connectivity index is 1.45. The van der Waals surface area contributed by atoms with Crippen molar-refractivity contribution in [1.29, 1.82) is 0 Å². The van der Waals surface area contributed by atoms with Crippen LogP contribution in [0.25, 0.3) is 16.8 Å². The molecule has 1 atom stereocenters. The lowest BCUT2D eigenvalue weighted by atomic mass is 10.0. The molecule has 0 spiro atoms. The molecule has 1 saturated heterocycles. The summed E-state index contributed by atoms with van der Waals surface area (Å²) in [5, 5.41) is 7.42. The largest absolute Gasteiger partial charge is 0.366 e. The fourth-order valence-corrected chi connectivity index (χ4v) is 3.77. The van der Waals surface area contributed by atoms with E-state index < -0.39 is 23.4 Å². The van der Waals surface area contributed by atoms with Crippen LogP contribution < -0.4 is 11.1 Å². The van der Waals surface area contributed by atoms with Gasteiger partial charge in [0.25, 0.3) is 0 Å². The van der Waals surface area contributed by atoms with Crippen LogP contribution in [0.2, 0.25) is 0 Å². The van der Waals surface area contributed by atoms with E-state index in [1.165, 1.54) is 10.6 Å². The Morgan fingerprint density at radius 3 is 2.78 bits per heavy atom. The van der Waals surface area contributed by atoms with E-state index in [4.69, 9.17) is 10.6 Å². The molecule has 1 aliphatic heterocycles. The molecule has 0 aliphatic carbocycles. The maximum atomic E-state index is 15.3. The number of nitrogens with one attached hydrogen (secondary N) is 1. The lowest BCUT2D eigenvalue weighted by Gasteiger charge is -2.23. The number of aromatic nitrogens is 3. The lowest BCUT2D eigenvalue weighted by Crippen LogP contribution is -2.34. The van der Waals surface area contributed by atoms with Crippen LogP contribution in [-0.4, -0.2) is 32.3 Å². The van der Waals surface area contributed by atoms with Gasteiger partial charge in [0.2, 0.25) is 5.95 Å². The number of nitrogens with two attached hydrogens (primary N) is 1. The molecule has 4 aromatic rings. The van der Waals surface area contributed by atoms with Crippen molar-refractivity contribution in [2.24, 2.45) is 0 Å². The van der Waals surface area contributed by atoms with E-state index >= 15 is 4.39 Å². The van der Waals surface area contributed by atoms with Gasteiger partial charge < -0.3 is 11.1 Å². The third-order valence-electron chi connectivity index (χ3n) is 5.28. The van der Waals surface area contributed by atoms with Crippen molar-refractivity contribution in [3.63, 3.8) is 0 Å². The van der Waals surface area contributed by atoms with Crippen molar-refractivity contribution in [1.82, 2.24) is 19.7 Å². The van der Waals surface area contributed by atoms with Crippen LogP contribution in [0.4, 0.5) is 25.2 Å². The fourth-order valence-electron chi connectivity index (χ4n) is 3.77. The first kappa shape index (κ1) is 19.9. The standard InChI is InChI=1S/C22H18F2N6O2/c23-16-7-6-15(14-8-10-29-18(12-14)26-21(25)28-29)19(24)20(16)27-22(31)30-17(9-11-32-30)13-4-2-1-3-5-13/h1-8,10,12,17H,9,11H2,(H2,25,28)(H,27,31)/t17-/m0/s1. The molecule has 2 aromatic carbocycles. The number of benzene rings is 2. The number of hydrogen-bond acceptors (Lipinski definition) is 5. The Morgan fingerprint density at radius 2 is 1.97 bits per heavy atom.